The van der Waals surface area contributed by atoms with Gasteiger partial charge in [-0.25, -0.2) is 9.37 Å². The molecule has 1 aromatic heterocycles. The molecule has 1 aliphatic heterocycles. The van der Waals surface area contributed by atoms with Crippen LogP contribution in [0.3, 0.4) is 0 Å². The van der Waals surface area contributed by atoms with Gasteiger partial charge < -0.3 is 19.8 Å². The zero-order chi connectivity index (χ0) is 17.7. The van der Waals surface area contributed by atoms with Crippen LogP contribution in [0, 0.1) is 5.82 Å². The Morgan fingerprint density at radius 1 is 1.36 bits per heavy atom. The fourth-order valence-electron chi connectivity index (χ4n) is 2.97. The Morgan fingerprint density at radius 2 is 2.08 bits per heavy atom. The Bertz CT molecular complexity index is 709. The molecule has 1 aromatic carbocycles. The molecule has 1 aliphatic rings. The van der Waals surface area contributed by atoms with Crippen molar-refractivity contribution >= 4 is 5.91 Å². The lowest BCUT2D eigenvalue weighted by Crippen LogP contribution is -2.54. The summed E-state index contributed by atoms with van der Waals surface area (Å²) in [7, 11) is 1.58. The highest BCUT2D eigenvalue weighted by atomic mass is 19.1. The van der Waals surface area contributed by atoms with Crippen molar-refractivity contribution in [3.63, 3.8) is 0 Å². The van der Waals surface area contributed by atoms with E-state index in [4.69, 9.17) is 9.15 Å². The first-order valence-corrected chi connectivity index (χ1v) is 8.37. The molecule has 6 nitrogen and oxygen atoms in total. The van der Waals surface area contributed by atoms with Crippen LogP contribution in [0.2, 0.25) is 0 Å². The SMILES string of the molecule is COC1(C(=O)NCCc2coc(-c3ccc(F)cc3)n2)CCNCC1. The normalized spacial score (nSPS) is 16.6. The summed E-state index contributed by atoms with van der Waals surface area (Å²) in [5.41, 5.74) is 0.704. The summed E-state index contributed by atoms with van der Waals surface area (Å²) >= 11 is 0. The number of halogens is 1. The van der Waals surface area contributed by atoms with Crippen LogP contribution in [0.15, 0.2) is 34.9 Å². The van der Waals surface area contributed by atoms with Crippen molar-refractivity contribution < 1.29 is 18.3 Å². The van der Waals surface area contributed by atoms with Gasteiger partial charge in [-0.3, -0.25) is 4.79 Å². The maximum absolute atomic E-state index is 13.0. The Balaban J connectivity index is 1.54. The van der Waals surface area contributed by atoms with Gasteiger partial charge in [-0.1, -0.05) is 0 Å². The van der Waals surface area contributed by atoms with Crippen molar-refractivity contribution in [2.75, 3.05) is 26.7 Å². The molecule has 0 unspecified atom stereocenters. The Labute approximate surface area is 145 Å². The zero-order valence-electron chi connectivity index (χ0n) is 14.2. The molecular weight excluding hydrogens is 325 g/mol. The molecule has 7 heteroatoms. The molecule has 3 rings (SSSR count). The molecule has 2 heterocycles. The topological polar surface area (TPSA) is 76.4 Å². The smallest absolute Gasteiger partial charge is 0.252 e. The quantitative estimate of drug-likeness (QED) is 0.835. The molecule has 2 N–H and O–H groups in total. The van der Waals surface area contributed by atoms with Crippen molar-refractivity contribution in [2.24, 2.45) is 0 Å². The highest BCUT2D eigenvalue weighted by molar-refractivity contribution is 5.85. The molecule has 1 fully saturated rings. The maximum atomic E-state index is 13.0. The first kappa shape index (κ1) is 17.6. The monoisotopic (exact) mass is 347 g/mol. The second kappa shape index (κ2) is 7.76. The molecule has 25 heavy (non-hydrogen) atoms. The Morgan fingerprint density at radius 3 is 2.76 bits per heavy atom. The number of hydrogen-bond acceptors (Lipinski definition) is 5. The van der Waals surface area contributed by atoms with Gasteiger partial charge in [0.25, 0.3) is 5.91 Å². The van der Waals surface area contributed by atoms with Gasteiger partial charge in [0.2, 0.25) is 5.89 Å². The largest absolute Gasteiger partial charge is 0.444 e. The standard InChI is InChI=1S/C18H22FN3O3/c1-24-18(7-10-20-11-8-18)17(23)21-9-6-15-12-25-16(22-15)13-2-4-14(19)5-3-13/h2-5,12,20H,6-11H2,1H3,(H,21,23). The van der Waals surface area contributed by atoms with Crippen LogP contribution in [0.1, 0.15) is 18.5 Å². The predicted octanol–water partition coefficient (Wildman–Crippen LogP) is 1.91. The molecule has 0 bridgehead atoms. The van der Waals surface area contributed by atoms with Crippen molar-refractivity contribution in [3.8, 4) is 11.5 Å². The van der Waals surface area contributed by atoms with Gasteiger partial charge in [0.1, 0.15) is 17.7 Å². The van der Waals surface area contributed by atoms with Crippen LogP contribution >= 0.6 is 0 Å². The number of carbonyl (C=O) groups excluding carboxylic acids is 1. The summed E-state index contributed by atoms with van der Waals surface area (Å²) in [5, 5.41) is 6.15. The van der Waals surface area contributed by atoms with Crippen LogP contribution in [-0.2, 0) is 16.0 Å². The number of ether oxygens (including phenoxy) is 1. The molecule has 1 saturated heterocycles. The number of rotatable bonds is 6. The maximum Gasteiger partial charge on any atom is 0.252 e. The van der Waals surface area contributed by atoms with E-state index in [1.807, 2.05) is 0 Å². The number of carbonyl (C=O) groups is 1. The summed E-state index contributed by atoms with van der Waals surface area (Å²) in [6, 6.07) is 5.96. The molecule has 0 saturated carbocycles. The molecule has 134 valence electrons. The Kier molecular flexibility index (Phi) is 5.45. The van der Waals surface area contributed by atoms with Crippen LogP contribution < -0.4 is 10.6 Å². The van der Waals surface area contributed by atoms with Gasteiger partial charge in [-0.05, 0) is 50.2 Å². The van der Waals surface area contributed by atoms with Crippen molar-refractivity contribution in [2.45, 2.75) is 24.9 Å². The third kappa shape index (κ3) is 4.05. The van der Waals surface area contributed by atoms with Crippen LogP contribution in [0.5, 0.6) is 0 Å². The molecule has 1 amide bonds. The summed E-state index contributed by atoms with van der Waals surface area (Å²) < 4.78 is 23.9. The number of hydrogen-bond donors (Lipinski definition) is 2. The van der Waals surface area contributed by atoms with Gasteiger partial charge in [-0.2, -0.15) is 0 Å². The Hall–Kier alpha value is -2.25. The van der Waals surface area contributed by atoms with Gasteiger partial charge >= 0.3 is 0 Å². The minimum Gasteiger partial charge on any atom is -0.444 e. The number of aromatic nitrogens is 1. The summed E-state index contributed by atoms with van der Waals surface area (Å²) in [6.07, 6.45) is 3.43. The number of nitrogens with one attached hydrogen (secondary N) is 2. The number of amides is 1. The van der Waals surface area contributed by atoms with Crippen LogP contribution in [0.25, 0.3) is 11.5 Å². The van der Waals surface area contributed by atoms with E-state index < -0.39 is 5.60 Å². The number of methoxy groups -OCH3 is 1. The first-order chi connectivity index (χ1) is 12.1. The molecule has 0 atom stereocenters. The minimum absolute atomic E-state index is 0.0845. The highest BCUT2D eigenvalue weighted by Gasteiger charge is 2.39. The van der Waals surface area contributed by atoms with Gasteiger partial charge in [-0.15, -0.1) is 0 Å². The lowest BCUT2D eigenvalue weighted by molar-refractivity contribution is -0.146. The van der Waals surface area contributed by atoms with Gasteiger partial charge in [0.05, 0.1) is 5.69 Å². The third-order valence-electron chi connectivity index (χ3n) is 4.53. The average Bonchev–Trinajstić information content (AvgIpc) is 3.11. The van der Waals surface area contributed by atoms with E-state index in [0.29, 0.717) is 37.3 Å². The van der Waals surface area contributed by atoms with E-state index in [1.54, 1.807) is 25.5 Å². The van der Waals surface area contributed by atoms with E-state index in [-0.39, 0.29) is 11.7 Å². The third-order valence-corrected chi connectivity index (χ3v) is 4.53. The second-order valence-electron chi connectivity index (χ2n) is 6.11. The number of piperidine rings is 1. The fraction of sp³-hybridized carbons (Fsp3) is 0.444. The van der Waals surface area contributed by atoms with E-state index in [0.717, 1.165) is 18.8 Å². The van der Waals surface area contributed by atoms with Gasteiger partial charge in [0.15, 0.2) is 0 Å². The predicted molar refractivity (Wildman–Crippen MR) is 90.5 cm³/mol. The number of oxazole rings is 1. The molecule has 2 aromatic rings. The molecular formula is C18H22FN3O3. The lowest BCUT2D eigenvalue weighted by Gasteiger charge is -2.34. The summed E-state index contributed by atoms with van der Waals surface area (Å²) in [4.78, 5) is 16.8. The van der Waals surface area contributed by atoms with E-state index >= 15 is 0 Å². The first-order valence-electron chi connectivity index (χ1n) is 8.37. The number of benzene rings is 1. The minimum atomic E-state index is -0.742. The fourth-order valence-corrected chi connectivity index (χ4v) is 2.97. The van der Waals surface area contributed by atoms with Crippen molar-refractivity contribution in [1.29, 1.82) is 0 Å². The second-order valence-corrected chi connectivity index (χ2v) is 6.11. The van der Waals surface area contributed by atoms with Crippen molar-refractivity contribution in [1.82, 2.24) is 15.6 Å². The molecule has 0 radical (unpaired) electrons. The highest BCUT2D eigenvalue weighted by Crippen LogP contribution is 2.23. The molecule has 0 spiro atoms. The molecule has 0 aliphatic carbocycles. The van der Waals surface area contributed by atoms with E-state index in [2.05, 4.69) is 15.6 Å². The summed E-state index contributed by atoms with van der Waals surface area (Å²) in [5.74, 6) is 0.0509. The van der Waals surface area contributed by atoms with Gasteiger partial charge in [0, 0.05) is 25.6 Å². The van der Waals surface area contributed by atoms with Crippen molar-refractivity contribution in [3.05, 3.63) is 42.0 Å². The van der Waals surface area contributed by atoms with E-state index in [1.165, 1.54) is 12.1 Å². The lowest BCUT2D eigenvalue weighted by atomic mass is 9.91. The zero-order valence-corrected chi connectivity index (χ0v) is 14.2. The van der Waals surface area contributed by atoms with Crippen LogP contribution in [-0.4, -0.2) is 43.2 Å². The average molecular weight is 347 g/mol. The number of nitrogens with zero attached hydrogens (tertiary/aromatic N) is 1. The van der Waals surface area contributed by atoms with E-state index in [9.17, 15) is 9.18 Å². The summed E-state index contributed by atoms with van der Waals surface area (Å²) in [6.45, 7) is 1.99. The van der Waals surface area contributed by atoms with Crippen LogP contribution in [0.4, 0.5) is 4.39 Å².